The number of aromatic nitrogens is 6. The SMILES string of the molecule is CC(O)C(=O)N1CCC(n2c(=O)[nH]c(=O)c3cnc4ccc(-c5cnc(N6CCN(C)CC6)nc5)nc4c32)CC1. The molecule has 0 radical (unpaired) electrons. The van der Waals surface area contributed by atoms with Gasteiger partial charge in [-0.05, 0) is 38.9 Å². The number of carbonyl (C=O) groups is 1. The standard InChI is InChI=1S/C27H31N9O4/c1-16(37)25(39)34-7-5-18(6-8-34)36-23-19(24(38)32-27(36)40)15-28-21-4-3-20(31-22(21)23)17-13-29-26(30-14-17)35-11-9-33(2)10-12-35/h3-4,13-16,18,37H,5-12H2,1-2H3,(H,32,38,40). The number of nitrogens with zero attached hydrogens (tertiary/aromatic N) is 8. The quantitative estimate of drug-likeness (QED) is 0.344. The van der Waals surface area contributed by atoms with Crippen LogP contribution >= 0.6 is 0 Å². The van der Waals surface area contributed by atoms with Gasteiger partial charge in [-0.2, -0.15) is 0 Å². The minimum atomic E-state index is -1.08. The van der Waals surface area contributed by atoms with E-state index in [1.165, 1.54) is 13.1 Å². The highest BCUT2D eigenvalue weighted by Crippen LogP contribution is 2.29. The van der Waals surface area contributed by atoms with Crippen LogP contribution in [0.2, 0.25) is 0 Å². The van der Waals surface area contributed by atoms with Crippen molar-refractivity contribution < 1.29 is 9.90 Å². The monoisotopic (exact) mass is 545 g/mol. The second-order valence-corrected chi connectivity index (χ2v) is 10.5. The largest absolute Gasteiger partial charge is 0.384 e. The van der Waals surface area contributed by atoms with Crippen LogP contribution < -0.4 is 16.1 Å². The highest BCUT2D eigenvalue weighted by atomic mass is 16.3. The molecule has 2 aliphatic rings. The summed E-state index contributed by atoms with van der Waals surface area (Å²) in [6.45, 7) is 5.85. The fraction of sp³-hybridized carbons (Fsp3) is 0.444. The molecule has 0 saturated carbocycles. The van der Waals surface area contributed by atoms with Crippen LogP contribution in [-0.2, 0) is 4.79 Å². The Bertz CT molecular complexity index is 1680. The van der Waals surface area contributed by atoms with Crippen LogP contribution in [0.3, 0.4) is 0 Å². The molecule has 4 aromatic heterocycles. The number of fused-ring (bicyclic) bond motifs is 3. The summed E-state index contributed by atoms with van der Waals surface area (Å²) >= 11 is 0. The van der Waals surface area contributed by atoms with E-state index in [4.69, 9.17) is 4.98 Å². The summed E-state index contributed by atoms with van der Waals surface area (Å²) in [5.41, 5.74) is 1.65. The minimum absolute atomic E-state index is 0.265. The van der Waals surface area contributed by atoms with Gasteiger partial charge in [0.1, 0.15) is 11.6 Å². The highest BCUT2D eigenvalue weighted by Gasteiger charge is 2.28. The Morgan fingerprint density at radius 2 is 1.70 bits per heavy atom. The number of pyridine rings is 2. The predicted molar refractivity (Wildman–Crippen MR) is 149 cm³/mol. The van der Waals surface area contributed by atoms with Crippen molar-refractivity contribution in [2.45, 2.75) is 31.9 Å². The highest BCUT2D eigenvalue weighted by molar-refractivity contribution is 6.01. The average molecular weight is 546 g/mol. The van der Waals surface area contributed by atoms with E-state index in [0.29, 0.717) is 59.7 Å². The van der Waals surface area contributed by atoms with E-state index < -0.39 is 17.4 Å². The number of rotatable bonds is 4. The summed E-state index contributed by atoms with van der Waals surface area (Å²) in [7, 11) is 2.10. The molecule has 1 atom stereocenters. The number of likely N-dealkylation sites (tertiary alicyclic amines) is 1. The van der Waals surface area contributed by atoms with Gasteiger partial charge in [-0.3, -0.25) is 24.1 Å². The molecule has 2 N–H and O–H groups in total. The van der Waals surface area contributed by atoms with E-state index >= 15 is 0 Å². The molecule has 4 aromatic rings. The summed E-state index contributed by atoms with van der Waals surface area (Å²) in [6.07, 6.45) is 4.85. The van der Waals surface area contributed by atoms with Crippen molar-refractivity contribution in [3.8, 4) is 11.3 Å². The lowest BCUT2D eigenvalue weighted by Crippen LogP contribution is -2.45. The molecule has 2 fully saturated rings. The molecule has 0 aromatic carbocycles. The zero-order valence-electron chi connectivity index (χ0n) is 22.4. The molecule has 13 nitrogen and oxygen atoms in total. The normalized spacial score (nSPS) is 18.0. The van der Waals surface area contributed by atoms with E-state index in [9.17, 15) is 19.5 Å². The fourth-order valence-corrected chi connectivity index (χ4v) is 5.53. The van der Waals surface area contributed by atoms with Crippen LogP contribution in [0.15, 0.2) is 40.3 Å². The van der Waals surface area contributed by atoms with Gasteiger partial charge in [0.25, 0.3) is 11.5 Å². The maximum Gasteiger partial charge on any atom is 0.329 e. The van der Waals surface area contributed by atoms with Crippen molar-refractivity contribution in [3.63, 3.8) is 0 Å². The van der Waals surface area contributed by atoms with Gasteiger partial charge in [0.15, 0.2) is 0 Å². The maximum absolute atomic E-state index is 13.2. The van der Waals surface area contributed by atoms with E-state index in [2.05, 4.69) is 36.8 Å². The number of piperidine rings is 1. The van der Waals surface area contributed by atoms with Crippen molar-refractivity contribution in [1.29, 1.82) is 0 Å². The number of likely N-dealkylation sites (N-methyl/N-ethyl adjacent to an activating group) is 1. The maximum atomic E-state index is 13.2. The number of nitrogens with one attached hydrogen (secondary N) is 1. The van der Waals surface area contributed by atoms with Gasteiger partial charge in [-0.25, -0.2) is 19.7 Å². The fourth-order valence-electron chi connectivity index (χ4n) is 5.53. The first-order valence-electron chi connectivity index (χ1n) is 13.5. The van der Waals surface area contributed by atoms with Crippen molar-refractivity contribution in [2.24, 2.45) is 0 Å². The first-order valence-corrected chi connectivity index (χ1v) is 13.5. The van der Waals surface area contributed by atoms with E-state index in [0.717, 1.165) is 26.2 Å². The molecule has 0 bridgehead atoms. The summed E-state index contributed by atoms with van der Waals surface area (Å²) in [5.74, 6) is 0.337. The predicted octanol–water partition coefficient (Wildman–Crippen LogP) is 0.386. The number of aliphatic hydroxyl groups is 1. The van der Waals surface area contributed by atoms with Crippen LogP contribution in [0.1, 0.15) is 25.8 Å². The van der Waals surface area contributed by atoms with Crippen LogP contribution in [0, 0.1) is 0 Å². The average Bonchev–Trinajstić information content (AvgIpc) is 2.97. The van der Waals surface area contributed by atoms with Gasteiger partial charge in [0, 0.05) is 69.5 Å². The van der Waals surface area contributed by atoms with Gasteiger partial charge < -0.3 is 19.8 Å². The number of H-pyrrole nitrogens is 1. The van der Waals surface area contributed by atoms with Crippen molar-refractivity contribution >= 4 is 33.8 Å². The Labute approximate surface area is 229 Å². The molecule has 6 heterocycles. The van der Waals surface area contributed by atoms with Gasteiger partial charge in [0.2, 0.25) is 5.95 Å². The number of hydrogen-bond donors (Lipinski definition) is 2. The smallest absolute Gasteiger partial charge is 0.329 e. The van der Waals surface area contributed by atoms with Crippen LogP contribution in [0.4, 0.5) is 5.95 Å². The Morgan fingerprint density at radius 3 is 2.38 bits per heavy atom. The van der Waals surface area contributed by atoms with Crippen LogP contribution in [0.25, 0.3) is 33.2 Å². The second-order valence-electron chi connectivity index (χ2n) is 10.5. The minimum Gasteiger partial charge on any atom is -0.384 e. The number of hydrogen-bond acceptors (Lipinski definition) is 10. The molecule has 2 aliphatic heterocycles. The summed E-state index contributed by atoms with van der Waals surface area (Å²) < 4.78 is 1.58. The van der Waals surface area contributed by atoms with Crippen LogP contribution in [0.5, 0.6) is 0 Å². The molecule has 6 rings (SSSR count). The van der Waals surface area contributed by atoms with Gasteiger partial charge >= 0.3 is 5.69 Å². The van der Waals surface area contributed by atoms with E-state index in [-0.39, 0.29) is 17.3 Å². The van der Waals surface area contributed by atoms with Crippen molar-refractivity contribution in [2.75, 3.05) is 51.2 Å². The molecule has 1 amide bonds. The first kappa shape index (κ1) is 26.0. The van der Waals surface area contributed by atoms with Gasteiger partial charge in [0.05, 0.1) is 22.1 Å². The summed E-state index contributed by atoms with van der Waals surface area (Å²) in [5, 5.41) is 9.95. The molecule has 2 saturated heterocycles. The number of amides is 1. The van der Waals surface area contributed by atoms with E-state index in [1.807, 2.05) is 12.1 Å². The topological polar surface area (TPSA) is 153 Å². The zero-order valence-corrected chi connectivity index (χ0v) is 22.4. The number of aliphatic hydroxyl groups excluding tert-OH is 1. The van der Waals surface area contributed by atoms with Crippen molar-refractivity contribution in [1.82, 2.24) is 39.3 Å². The van der Waals surface area contributed by atoms with Crippen LogP contribution in [-0.4, -0.2) is 103 Å². The molecule has 208 valence electrons. The number of carbonyl (C=O) groups excluding carboxylic acids is 1. The lowest BCUT2D eigenvalue weighted by molar-refractivity contribution is -0.140. The molecule has 13 heteroatoms. The lowest BCUT2D eigenvalue weighted by atomic mass is 10.0. The third kappa shape index (κ3) is 4.71. The zero-order chi connectivity index (χ0) is 28.0. The Kier molecular flexibility index (Phi) is 6.76. The molecule has 0 spiro atoms. The number of piperazine rings is 1. The summed E-state index contributed by atoms with van der Waals surface area (Å²) in [6, 6.07) is 3.36. The molecular formula is C27H31N9O4. The van der Waals surface area contributed by atoms with Crippen molar-refractivity contribution in [3.05, 3.63) is 51.6 Å². The first-order chi connectivity index (χ1) is 19.3. The molecular weight excluding hydrogens is 514 g/mol. The summed E-state index contributed by atoms with van der Waals surface area (Å²) in [4.78, 5) is 65.2. The Morgan fingerprint density at radius 1 is 1.00 bits per heavy atom. The van der Waals surface area contributed by atoms with E-state index in [1.54, 1.807) is 21.9 Å². The third-order valence-corrected chi connectivity index (χ3v) is 7.83. The Balaban J connectivity index is 1.39. The lowest BCUT2D eigenvalue weighted by Gasteiger charge is -2.34. The second kappa shape index (κ2) is 10.4. The molecule has 0 aliphatic carbocycles. The molecule has 40 heavy (non-hydrogen) atoms. The van der Waals surface area contributed by atoms with Gasteiger partial charge in [-0.15, -0.1) is 0 Å². The molecule has 1 unspecified atom stereocenters. The number of aromatic amines is 1. The Hall–Kier alpha value is -4.23. The third-order valence-electron chi connectivity index (χ3n) is 7.83. The number of anilines is 1. The van der Waals surface area contributed by atoms with Gasteiger partial charge in [-0.1, -0.05) is 0 Å².